The van der Waals surface area contributed by atoms with E-state index in [1.54, 1.807) is 0 Å². The monoisotopic (exact) mass is 300 g/mol. The van der Waals surface area contributed by atoms with Crippen molar-refractivity contribution >= 4 is 12.0 Å². The molecule has 4 nitrogen and oxygen atoms in total. The Morgan fingerprint density at radius 3 is 2.91 bits per heavy atom. The van der Waals surface area contributed by atoms with Crippen molar-refractivity contribution in [2.24, 2.45) is 0 Å². The smallest absolute Gasteiger partial charge is 0.250 e. The summed E-state index contributed by atoms with van der Waals surface area (Å²) < 4.78 is 5.63. The van der Waals surface area contributed by atoms with Crippen LogP contribution in [-0.4, -0.2) is 43.1 Å². The summed E-state index contributed by atoms with van der Waals surface area (Å²) in [4.78, 5) is 14.7. The van der Waals surface area contributed by atoms with E-state index in [0.717, 1.165) is 24.3 Å². The van der Waals surface area contributed by atoms with E-state index in [2.05, 4.69) is 17.1 Å². The summed E-state index contributed by atoms with van der Waals surface area (Å²) in [5, 5.41) is 3.02. The Labute approximate surface area is 132 Å². The summed E-state index contributed by atoms with van der Waals surface area (Å²) in [5.74, 6) is 0.838. The second-order valence-corrected chi connectivity index (χ2v) is 6.13. The molecule has 22 heavy (non-hydrogen) atoms. The Kier molecular flexibility index (Phi) is 4.78. The molecule has 1 saturated heterocycles. The number of hydrogen-bond donors (Lipinski definition) is 1. The predicted molar refractivity (Wildman–Crippen MR) is 87.8 cm³/mol. The summed E-state index contributed by atoms with van der Waals surface area (Å²) in [7, 11) is 0. The molecular weight excluding hydrogens is 276 g/mol. The number of nitrogens with one attached hydrogen (secondary N) is 1. The fourth-order valence-electron chi connectivity index (χ4n) is 3.12. The zero-order valence-corrected chi connectivity index (χ0v) is 13.2. The van der Waals surface area contributed by atoms with Crippen LogP contribution in [0.15, 0.2) is 29.8 Å². The van der Waals surface area contributed by atoms with Crippen LogP contribution in [0, 0.1) is 0 Å². The minimum Gasteiger partial charge on any atom is -0.488 e. The third-order valence-corrected chi connectivity index (χ3v) is 4.54. The Hall–Kier alpha value is -1.81. The highest BCUT2D eigenvalue weighted by Crippen LogP contribution is 2.25. The van der Waals surface area contributed by atoms with Gasteiger partial charge in [0.05, 0.1) is 5.57 Å². The summed E-state index contributed by atoms with van der Waals surface area (Å²) in [6.07, 6.45) is 5.54. The number of benzene rings is 1. The molecule has 2 aliphatic heterocycles. The van der Waals surface area contributed by atoms with Crippen LogP contribution in [0.25, 0.3) is 6.08 Å². The van der Waals surface area contributed by atoms with Gasteiger partial charge in [0.1, 0.15) is 12.4 Å². The van der Waals surface area contributed by atoms with Crippen LogP contribution in [0.3, 0.4) is 0 Å². The Morgan fingerprint density at radius 2 is 2.09 bits per heavy atom. The van der Waals surface area contributed by atoms with Gasteiger partial charge in [-0.05, 0) is 51.4 Å². The van der Waals surface area contributed by atoms with Crippen LogP contribution in [0.5, 0.6) is 5.75 Å². The van der Waals surface area contributed by atoms with Crippen molar-refractivity contribution in [1.29, 1.82) is 0 Å². The summed E-state index contributed by atoms with van der Waals surface area (Å²) in [5.41, 5.74) is 1.68. The molecule has 1 fully saturated rings. The molecule has 0 spiro atoms. The zero-order chi connectivity index (χ0) is 15.4. The first-order chi connectivity index (χ1) is 10.7. The lowest BCUT2D eigenvalue weighted by atomic mass is 10.1. The molecule has 1 aromatic carbocycles. The van der Waals surface area contributed by atoms with Gasteiger partial charge in [0.25, 0.3) is 5.91 Å². The van der Waals surface area contributed by atoms with Crippen LogP contribution in [0.2, 0.25) is 0 Å². The molecule has 118 valence electrons. The molecule has 0 saturated carbocycles. The Balaban J connectivity index is 1.49. The highest BCUT2D eigenvalue weighted by molar-refractivity contribution is 5.99. The van der Waals surface area contributed by atoms with Crippen molar-refractivity contribution in [2.75, 3.05) is 26.2 Å². The number of carbonyl (C=O) groups is 1. The van der Waals surface area contributed by atoms with Gasteiger partial charge in [0.15, 0.2) is 0 Å². The number of para-hydroxylation sites is 1. The fraction of sp³-hybridized carbons (Fsp3) is 0.500. The van der Waals surface area contributed by atoms with Gasteiger partial charge in [0.2, 0.25) is 0 Å². The molecule has 1 atom stereocenters. The quantitative estimate of drug-likeness (QED) is 0.908. The standard InChI is InChI=1S/C18H24N2O2/c1-14(20-10-4-5-11-20)8-9-19-18(21)16-12-15-6-2-3-7-17(15)22-13-16/h2-3,6-7,12,14H,4-5,8-11,13H2,1H3,(H,19,21)/t14-/m1/s1. The van der Waals surface area contributed by atoms with Crippen molar-refractivity contribution < 1.29 is 9.53 Å². The van der Waals surface area contributed by atoms with Crippen molar-refractivity contribution in [1.82, 2.24) is 10.2 Å². The van der Waals surface area contributed by atoms with Crippen molar-refractivity contribution in [3.63, 3.8) is 0 Å². The zero-order valence-electron chi connectivity index (χ0n) is 13.2. The van der Waals surface area contributed by atoms with E-state index >= 15 is 0 Å². The van der Waals surface area contributed by atoms with Gasteiger partial charge in [-0.25, -0.2) is 0 Å². The van der Waals surface area contributed by atoms with Crippen LogP contribution in [-0.2, 0) is 4.79 Å². The lowest BCUT2D eigenvalue weighted by Crippen LogP contribution is -2.35. The fourth-order valence-corrected chi connectivity index (χ4v) is 3.12. The molecule has 0 bridgehead atoms. The molecule has 0 aliphatic carbocycles. The average molecular weight is 300 g/mol. The van der Waals surface area contributed by atoms with E-state index in [9.17, 15) is 4.79 Å². The Morgan fingerprint density at radius 1 is 1.32 bits per heavy atom. The maximum Gasteiger partial charge on any atom is 0.250 e. The molecule has 0 aromatic heterocycles. The van der Waals surface area contributed by atoms with E-state index in [-0.39, 0.29) is 5.91 Å². The van der Waals surface area contributed by atoms with Crippen LogP contribution in [0.1, 0.15) is 31.7 Å². The molecule has 1 N–H and O–H groups in total. The predicted octanol–water partition coefficient (Wildman–Crippen LogP) is 2.45. The van der Waals surface area contributed by atoms with Gasteiger partial charge < -0.3 is 15.0 Å². The first-order valence-electron chi connectivity index (χ1n) is 8.18. The number of hydrogen-bond acceptors (Lipinski definition) is 3. The molecule has 0 radical (unpaired) electrons. The summed E-state index contributed by atoms with van der Waals surface area (Å²) >= 11 is 0. The highest BCUT2D eigenvalue weighted by Gasteiger charge is 2.19. The molecule has 1 amide bonds. The third-order valence-electron chi connectivity index (χ3n) is 4.54. The number of amides is 1. The van der Waals surface area contributed by atoms with Crippen LogP contribution in [0.4, 0.5) is 0 Å². The molecule has 2 heterocycles. The number of carbonyl (C=O) groups excluding carboxylic acids is 1. The molecule has 4 heteroatoms. The molecule has 1 aromatic rings. The molecular formula is C18H24N2O2. The lowest BCUT2D eigenvalue weighted by molar-refractivity contribution is -0.117. The highest BCUT2D eigenvalue weighted by atomic mass is 16.5. The van der Waals surface area contributed by atoms with E-state index in [0.29, 0.717) is 18.2 Å². The first kappa shape index (κ1) is 15.1. The summed E-state index contributed by atoms with van der Waals surface area (Å²) in [6.45, 7) is 5.71. The largest absolute Gasteiger partial charge is 0.488 e. The minimum atomic E-state index is -0.0110. The van der Waals surface area contributed by atoms with Gasteiger partial charge in [0, 0.05) is 18.2 Å². The van der Waals surface area contributed by atoms with Gasteiger partial charge in [-0.2, -0.15) is 0 Å². The maximum absolute atomic E-state index is 12.2. The van der Waals surface area contributed by atoms with Gasteiger partial charge in [-0.3, -0.25) is 4.79 Å². The topological polar surface area (TPSA) is 41.6 Å². The SMILES string of the molecule is C[C@H](CCNC(=O)C1=Cc2ccccc2OC1)N1CCCC1. The molecule has 0 unspecified atom stereocenters. The van der Waals surface area contributed by atoms with Crippen molar-refractivity contribution in [3.05, 3.63) is 35.4 Å². The van der Waals surface area contributed by atoms with E-state index in [4.69, 9.17) is 4.74 Å². The normalized spacial score (nSPS) is 19.0. The van der Waals surface area contributed by atoms with Crippen LogP contribution < -0.4 is 10.1 Å². The van der Waals surface area contributed by atoms with Gasteiger partial charge in [-0.1, -0.05) is 18.2 Å². The van der Waals surface area contributed by atoms with E-state index in [1.165, 1.54) is 25.9 Å². The second-order valence-electron chi connectivity index (χ2n) is 6.13. The average Bonchev–Trinajstić information content (AvgIpc) is 3.08. The third kappa shape index (κ3) is 3.50. The number of likely N-dealkylation sites (tertiary alicyclic amines) is 1. The molecule has 2 aliphatic rings. The Bertz CT molecular complexity index is 562. The maximum atomic E-state index is 12.2. The first-order valence-corrected chi connectivity index (χ1v) is 8.18. The van der Waals surface area contributed by atoms with Crippen molar-refractivity contribution in [3.8, 4) is 5.75 Å². The number of fused-ring (bicyclic) bond motifs is 1. The number of ether oxygens (including phenoxy) is 1. The van der Waals surface area contributed by atoms with Gasteiger partial charge in [-0.15, -0.1) is 0 Å². The molecule has 3 rings (SSSR count). The minimum absolute atomic E-state index is 0.0110. The lowest BCUT2D eigenvalue weighted by Gasteiger charge is -2.24. The second kappa shape index (κ2) is 6.97. The summed E-state index contributed by atoms with van der Waals surface area (Å²) in [6, 6.07) is 8.34. The van der Waals surface area contributed by atoms with Crippen molar-refractivity contribution in [2.45, 2.75) is 32.2 Å². The van der Waals surface area contributed by atoms with Crippen LogP contribution >= 0.6 is 0 Å². The van der Waals surface area contributed by atoms with E-state index in [1.807, 2.05) is 30.3 Å². The number of nitrogens with zero attached hydrogens (tertiary/aromatic N) is 1. The number of rotatable bonds is 5. The van der Waals surface area contributed by atoms with E-state index < -0.39 is 0 Å². The van der Waals surface area contributed by atoms with Gasteiger partial charge >= 0.3 is 0 Å².